The minimum atomic E-state index is -0.552. The number of imide groups is 1. The van der Waals surface area contributed by atoms with Crippen LogP contribution in [-0.2, 0) is 21.4 Å². The Kier molecular flexibility index (Phi) is 13.0. The van der Waals surface area contributed by atoms with Crippen molar-refractivity contribution in [2.24, 2.45) is 13.0 Å². The number of benzene rings is 3. The van der Waals surface area contributed by atoms with Gasteiger partial charge in [-0.25, -0.2) is 14.4 Å². The second kappa shape index (κ2) is 19.4. The van der Waals surface area contributed by atoms with Crippen LogP contribution < -0.4 is 15.5 Å². The second-order valence-electron chi connectivity index (χ2n) is 19.4. The Morgan fingerprint density at radius 1 is 0.882 bits per heavy atom. The molecule has 68 heavy (non-hydrogen) atoms. The molecule has 0 saturated carbocycles. The second-order valence-corrected chi connectivity index (χ2v) is 19.4. The molecule has 4 saturated heterocycles. The lowest BCUT2D eigenvalue weighted by molar-refractivity contribution is -0.133. The summed E-state index contributed by atoms with van der Waals surface area (Å²) in [5.74, 6) is 0.943. The van der Waals surface area contributed by atoms with E-state index in [1.165, 1.54) is 17.3 Å². The number of H-pyrrole nitrogens is 1. The van der Waals surface area contributed by atoms with Gasteiger partial charge in [0, 0.05) is 101 Å². The first-order valence-electron chi connectivity index (χ1n) is 24.5. The molecule has 0 spiro atoms. The highest BCUT2D eigenvalue weighted by molar-refractivity contribution is 6.01. The SMILES string of the molecule is CO[C@@H](C)c1nc2ccc(-c3ccnc4c3cc([C@H](C)N3CCC(c5ccc(C(=O)N6CCC(CN7CCN(c8ccc(NC9CCC(=O)NC9=O)cc8F)CC7)CC6)cc5)CC3)n4C)cc2[nH]1. The molecule has 0 bridgehead atoms. The van der Waals surface area contributed by atoms with Crippen molar-refractivity contribution >= 4 is 51.2 Å². The lowest BCUT2D eigenvalue weighted by Crippen LogP contribution is -2.49. The molecule has 15 heteroatoms. The number of nitrogens with zero attached hydrogens (tertiary/aromatic N) is 7. The van der Waals surface area contributed by atoms with Gasteiger partial charge in [0.2, 0.25) is 11.8 Å². The first-order chi connectivity index (χ1) is 33.0. The summed E-state index contributed by atoms with van der Waals surface area (Å²) in [7, 11) is 3.82. The first kappa shape index (κ1) is 45.6. The Bertz CT molecular complexity index is 2800. The molecule has 3 atom stereocenters. The number of carbonyl (C=O) groups is 3. The summed E-state index contributed by atoms with van der Waals surface area (Å²) in [6.07, 6.45) is 6.54. The zero-order valence-corrected chi connectivity index (χ0v) is 39.6. The maximum Gasteiger partial charge on any atom is 0.253 e. The Morgan fingerprint density at radius 2 is 1.65 bits per heavy atom. The standard InChI is InChI=1S/C53H63FN10O4/c1-33(48-31-42-41(15-20-55-51(42)60(48)3)39-9-11-44-46(29-39)58-50(57-44)34(2)68-4)62-23-18-37(19-24-62)36-5-7-38(8-6-36)53(67)64-21-16-35(17-22-64)32-61-25-27-63(28-26-61)47-13-10-40(30-43(47)54)56-45-12-14-49(65)59-52(45)66/h5-11,13,15,20,29-31,33-35,37,45,56H,12,14,16-19,21-28,32H2,1-4H3,(H,57,58)(H,59,65,66)/t33-,34-,45?/m0/s1. The van der Waals surface area contributed by atoms with E-state index in [1.54, 1.807) is 19.2 Å². The highest BCUT2D eigenvalue weighted by atomic mass is 19.1. The van der Waals surface area contributed by atoms with E-state index in [-0.39, 0.29) is 42.1 Å². The molecule has 10 rings (SSSR count). The van der Waals surface area contributed by atoms with Crippen LogP contribution in [-0.4, -0.2) is 124 Å². The van der Waals surface area contributed by atoms with Crippen LogP contribution in [0.3, 0.4) is 0 Å². The number of aromatic nitrogens is 4. The fourth-order valence-electron chi connectivity index (χ4n) is 11.0. The number of halogens is 1. The minimum absolute atomic E-state index is 0.109. The average Bonchev–Trinajstić information content (AvgIpc) is 3.95. The van der Waals surface area contributed by atoms with Gasteiger partial charge < -0.3 is 29.4 Å². The number of carbonyl (C=O) groups excluding carboxylic acids is 3. The van der Waals surface area contributed by atoms with E-state index in [2.05, 4.69) is 91.3 Å². The molecule has 3 aromatic heterocycles. The van der Waals surface area contributed by atoms with Crippen LogP contribution in [0.1, 0.15) is 97.9 Å². The minimum Gasteiger partial charge on any atom is -0.374 e. The third-order valence-electron chi connectivity index (χ3n) is 15.3. The van der Waals surface area contributed by atoms with Crippen molar-refractivity contribution in [2.75, 3.05) is 76.2 Å². The molecule has 4 aliphatic rings. The number of pyridine rings is 1. The summed E-state index contributed by atoms with van der Waals surface area (Å²) < 4.78 is 23.0. The number of piperidine rings is 3. The summed E-state index contributed by atoms with van der Waals surface area (Å²) in [5.41, 5.74) is 9.58. The van der Waals surface area contributed by atoms with Crippen LogP contribution in [0.25, 0.3) is 33.2 Å². The van der Waals surface area contributed by atoms with E-state index in [9.17, 15) is 14.4 Å². The van der Waals surface area contributed by atoms with E-state index < -0.39 is 6.04 Å². The normalized spacial score (nSPS) is 20.3. The maximum absolute atomic E-state index is 15.3. The van der Waals surface area contributed by atoms with Crippen molar-refractivity contribution < 1.29 is 23.5 Å². The van der Waals surface area contributed by atoms with E-state index in [0.29, 0.717) is 29.6 Å². The number of rotatable bonds is 12. The van der Waals surface area contributed by atoms with Gasteiger partial charge in [0.05, 0.1) is 16.7 Å². The van der Waals surface area contributed by atoms with Gasteiger partial charge >= 0.3 is 0 Å². The molecule has 3 aromatic carbocycles. The van der Waals surface area contributed by atoms with Gasteiger partial charge in [-0.15, -0.1) is 0 Å². The number of aryl methyl sites for hydroxylation is 1. The summed E-state index contributed by atoms with van der Waals surface area (Å²) in [6, 6.07) is 23.9. The molecule has 7 heterocycles. The number of methoxy groups -OCH3 is 1. The van der Waals surface area contributed by atoms with Gasteiger partial charge in [-0.05, 0) is 142 Å². The number of nitrogens with one attached hydrogen (secondary N) is 3. The van der Waals surface area contributed by atoms with E-state index in [1.807, 2.05) is 30.2 Å². The van der Waals surface area contributed by atoms with Crippen LogP contribution in [0.15, 0.2) is 79.0 Å². The van der Waals surface area contributed by atoms with Gasteiger partial charge in [0.15, 0.2) is 0 Å². The number of hydrogen-bond donors (Lipinski definition) is 3. The van der Waals surface area contributed by atoms with Gasteiger partial charge in [-0.2, -0.15) is 0 Å². The topological polar surface area (TPSA) is 144 Å². The highest BCUT2D eigenvalue weighted by Crippen LogP contribution is 2.37. The van der Waals surface area contributed by atoms with E-state index >= 15 is 4.39 Å². The monoisotopic (exact) mass is 923 g/mol. The molecule has 1 unspecified atom stereocenters. The van der Waals surface area contributed by atoms with Crippen LogP contribution in [0.5, 0.6) is 0 Å². The number of fused-ring (bicyclic) bond motifs is 2. The van der Waals surface area contributed by atoms with Gasteiger partial charge in [0.1, 0.15) is 29.4 Å². The largest absolute Gasteiger partial charge is 0.374 e. The molecular formula is C53H63FN10O4. The molecule has 3 N–H and O–H groups in total. The molecule has 0 radical (unpaired) electrons. The third-order valence-corrected chi connectivity index (χ3v) is 15.3. The fraction of sp³-hybridized carbons (Fsp3) is 0.453. The number of amides is 3. The number of piperazine rings is 1. The molecule has 4 fully saturated rings. The van der Waals surface area contributed by atoms with Gasteiger partial charge in [0.25, 0.3) is 5.91 Å². The molecular weight excluding hydrogens is 860 g/mol. The molecule has 3 amide bonds. The Morgan fingerprint density at radius 3 is 2.37 bits per heavy atom. The van der Waals surface area contributed by atoms with Gasteiger partial charge in [-0.3, -0.25) is 29.5 Å². The smallest absolute Gasteiger partial charge is 0.253 e. The summed E-state index contributed by atoms with van der Waals surface area (Å²) in [6.45, 7) is 12.0. The zero-order valence-electron chi connectivity index (χ0n) is 39.6. The van der Waals surface area contributed by atoms with Crippen molar-refractivity contribution in [2.45, 2.75) is 76.5 Å². The van der Waals surface area contributed by atoms with Crippen LogP contribution in [0.4, 0.5) is 15.8 Å². The molecule has 4 aliphatic heterocycles. The molecule has 0 aliphatic carbocycles. The third kappa shape index (κ3) is 9.35. The van der Waals surface area contributed by atoms with E-state index in [0.717, 1.165) is 129 Å². The van der Waals surface area contributed by atoms with Crippen molar-refractivity contribution in [3.63, 3.8) is 0 Å². The van der Waals surface area contributed by atoms with Gasteiger partial charge in [-0.1, -0.05) is 18.2 Å². The number of ether oxygens (including phenoxy) is 1. The molecule has 6 aromatic rings. The number of imidazole rings is 1. The summed E-state index contributed by atoms with van der Waals surface area (Å²) in [4.78, 5) is 59.5. The zero-order chi connectivity index (χ0) is 47.1. The summed E-state index contributed by atoms with van der Waals surface area (Å²) in [5, 5.41) is 6.54. The molecule has 14 nitrogen and oxygen atoms in total. The first-order valence-corrected chi connectivity index (χ1v) is 24.5. The van der Waals surface area contributed by atoms with Crippen molar-refractivity contribution in [3.8, 4) is 11.1 Å². The average molecular weight is 923 g/mol. The van der Waals surface area contributed by atoms with Crippen LogP contribution >= 0.6 is 0 Å². The highest BCUT2D eigenvalue weighted by Gasteiger charge is 2.31. The lowest BCUT2D eigenvalue weighted by Gasteiger charge is -2.39. The van der Waals surface area contributed by atoms with E-state index in [4.69, 9.17) is 14.7 Å². The van der Waals surface area contributed by atoms with Crippen LogP contribution in [0, 0.1) is 11.7 Å². The van der Waals surface area contributed by atoms with Crippen LogP contribution in [0.2, 0.25) is 0 Å². The maximum atomic E-state index is 15.3. The van der Waals surface area contributed by atoms with Crippen molar-refractivity contribution in [3.05, 3.63) is 107 Å². The Balaban J connectivity index is 0.679. The number of anilines is 2. The number of hydrogen-bond acceptors (Lipinski definition) is 10. The lowest BCUT2D eigenvalue weighted by atomic mass is 9.88. The molecule has 356 valence electrons. The number of likely N-dealkylation sites (tertiary alicyclic amines) is 2. The Labute approximate surface area is 397 Å². The quantitative estimate of drug-likeness (QED) is 0.104. The van der Waals surface area contributed by atoms with Crippen molar-refractivity contribution in [1.82, 2.24) is 39.5 Å². The summed E-state index contributed by atoms with van der Waals surface area (Å²) >= 11 is 0. The predicted octanol–water partition coefficient (Wildman–Crippen LogP) is 7.80. The fourth-order valence-corrected chi connectivity index (χ4v) is 11.0. The number of aromatic amines is 1. The Hall–Kier alpha value is -6.16. The predicted molar refractivity (Wildman–Crippen MR) is 263 cm³/mol. The van der Waals surface area contributed by atoms with Crippen molar-refractivity contribution in [1.29, 1.82) is 0 Å².